The number of benzene rings is 2. The molecule has 5 rings (SSSR count). The number of carbonyl (C=O) groups excluding carboxylic acids is 1. The minimum Gasteiger partial charge on any atom is -0.454 e. The number of fused-ring (bicyclic) bond motifs is 2. The molecule has 0 spiro atoms. The van der Waals surface area contributed by atoms with Crippen LogP contribution in [0.15, 0.2) is 47.3 Å². The monoisotopic (exact) mass is 378 g/mol. The van der Waals surface area contributed by atoms with Crippen molar-refractivity contribution in [3.05, 3.63) is 52.9 Å². The van der Waals surface area contributed by atoms with Gasteiger partial charge in [-0.1, -0.05) is 6.07 Å². The second-order valence-electron chi connectivity index (χ2n) is 6.10. The van der Waals surface area contributed by atoms with Crippen LogP contribution in [0.2, 0.25) is 0 Å². The Hall–Kier alpha value is -3.39. The second-order valence-corrected chi connectivity index (χ2v) is 6.82. The molecule has 0 aliphatic carbocycles. The average molecular weight is 378 g/mol. The molecule has 1 aliphatic heterocycles. The molecular formula is C19H14N4O3S. The Morgan fingerprint density at radius 2 is 2.11 bits per heavy atom. The van der Waals surface area contributed by atoms with Crippen LogP contribution in [0.1, 0.15) is 5.56 Å². The number of thiazole rings is 1. The van der Waals surface area contributed by atoms with Gasteiger partial charge in [0.05, 0.1) is 23.0 Å². The van der Waals surface area contributed by atoms with Gasteiger partial charge in [-0.2, -0.15) is 0 Å². The van der Waals surface area contributed by atoms with Crippen molar-refractivity contribution >= 4 is 34.0 Å². The Kier molecular flexibility index (Phi) is 3.75. The SMILES string of the molecule is O=C(Cc1ccc2c(c1)OCO2)Nc1ccc2nc(-c3cscn3)[nH]c2c1. The average Bonchev–Trinajstić information content (AvgIpc) is 3.40. The van der Waals surface area contributed by atoms with Crippen LogP contribution in [0.4, 0.5) is 5.69 Å². The summed E-state index contributed by atoms with van der Waals surface area (Å²) in [6.07, 6.45) is 0.252. The van der Waals surface area contributed by atoms with E-state index in [-0.39, 0.29) is 19.1 Å². The van der Waals surface area contributed by atoms with Gasteiger partial charge in [0.2, 0.25) is 12.7 Å². The third-order valence-corrected chi connectivity index (χ3v) is 4.83. The molecular weight excluding hydrogens is 364 g/mol. The number of nitrogens with one attached hydrogen (secondary N) is 2. The molecule has 1 amide bonds. The lowest BCUT2D eigenvalue weighted by atomic mass is 10.1. The first kappa shape index (κ1) is 15.8. The minimum atomic E-state index is -0.104. The Morgan fingerprint density at radius 1 is 1.19 bits per heavy atom. The van der Waals surface area contributed by atoms with E-state index in [2.05, 4.69) is 20.3 Å². The standard InChI is InChI=1S/C19H14N4O3S/c24-18(6-11-1-4-16-17(5-11)26-10-25-16)21-12-2-3-13-14(7-12)23-19(22-13)15-8-27-9-20-15/h1-5,7-9H,6,10H2,(H,21,24)(H,22,23). The molecule has 0 saturated heterocycles. The Bertz CT molecular complexity index is 1140. The van der Waals surface area contributed by atoms with E-state index in [0.29, 0.717) is 17.2 Å². The Labute approximate surface area is 158 Å². The maximum Gasteiger partial charge on any atom is 0.231 e. The third kappa shape index (κ3) is 3.11. The number of hydrogen-bond donors (Lipinski definition) is 2. The molecule has 1 aliphatic rings. The molecule has 0 unspecified atom stereocenters. The highest BCUT2D eigenvalue weighted by Crippen LogP contribution is 2.32. The first-order valence-electron chi connectivity index (χ1n) is 8.31. The molecule has 2 N–H and O–H groups in total. The van der Waals surface area contributed by atoms with Crippen molar-refractivity contribution in [1.29, 1.82) is 0 Å². The summed E-state index contributed by atoms with van der Waals surface area (Å²) in [6.45, 7) is 0.220. The van der Waals surface area contributed by atoms with Gasteiger partial charge >= 0.3 is 0 Å². The fourth-order valence-electron chi connectivity index (χ4n) is 2.98. The van der Waals surface area contributed by atoms with E-state index in [1.807, 2.05) is 41.8 Å². The first-order valence-corrected chi connectivity index (χ1v) is 9.25. The van der Waals surface area contributed by atoms with Crippen LogP contribution >= 0.6 is 11.3 Å². The summed E-state index contributed by atoms with van der Waals surface area (Å²) < 4.78 is 10.6. The van der Waals surface area contributed by atoms with Crippen molar-refractivity contribution in [3.63, 3.8) is 0 Å². The van der Waals surface area contributed by atoms with Gasteiger partial charge in [-0.3, -0.25) is 4.79 Å². The molecule has 0 bridgehead atoms. The second kappa shape index (κ2) is 6.40. The van der Waals surface area contributed by atoms with Crippen molar-refractivity contribution in [1.82, 2.24) is 15.0 Å². The van der Waals surface area contributed by atoms with Crippen LogP contribution in [0.5, 0.6) is 11.5 Å². The van der Waals surface area contributed by atoms with Crippen LogP contribution < -0.4 is 14.8 Å². The van der Waals surface area contributed by atoms with Gasteiger partial charge in [-0.05, 0) is 35.9 Å². The zero-order valence-corrected chi connectivity index (χ0v) is 14.9. The van der Waals surface area contributed by atoms with E-state index in [4.69, 9.17) is 9.47 Å². The maximum absolute atomic E-state index is 12.4. The van der Waals surface area contributed by atoms with E-state index < -0.39 is 0 Å². The summed E-state index contributed by atoms with van der Waals surface area (Å²) in [5, 5.41) is 4.86. The van der Waals surface area contributed by atoms with Crippen LogP contribution in [-0.4, -0.2) is 27.7 Å². The number of H-pyrrole nitrogens is 1. The maximum atomic E-state index is 12.4. The van der Waals surface area contributed by atoms with Gasteiger partial charge in [0, 0.05) is 11.1 Å². The molecule has 7 nitrogen and oxygen atoms in total. The molecule has 134 valence electrons. The number of anilines is 1. The number of aromatic amines is 1. The highest BCUT2D eigenvalue weighted by atomic mass is 32.1. The predicted molar refractivity (Wildman–Crippen MR) is 102 cm³/mol. The lowest BCUT2D eigenvalue weighted by molar-refractivity contribution is -0.115. The summed E-state index contributed by atoms with van der Waals surface area (Å²) >= 11 is 1.52. The summed E-state index contributed by atoms with van der Waals surface area (Å²) in [4.78, 5) is 24.4. The number of amides is 1. The Morgan fingerprint density at radius 3 is 3.00 bits per heavy atom. The van der Waals surface area contributed by atoms with Crippen LogP contribution in [0.25, 0.3) is 22.6 Å². The van der Waals surface area contributed by atoms with Gasteiger partial charge in [0.15, 0.2) is 17.3 Å². The largest absolute Gasteiger partial charge is 0.454 e. The normalized spacial score (nSPS) is 12.4. The van der Waals surface area contributed by atoms with Crippen LogP contribution in [0, 0.1) is 0 Å². The minimum absolute atomic E-state index is 0.104. The fourth-order valence-corrected chi connectivity index (χ4v) is 3.52. The van der Waals surface area contributed by atoms with Gasteiger partial charge < -0.3 is 19.8 Å². The molecule has 0 fully saturated rings. The van der Waals surface area contributed by atoms with E-state index in [1.165, 1.54) is 11.3 Å². The summed E-state index contributed by atoms with van der Waals surface area (Å²) in [5.74, 6) is 2.00. The summed E-state index contributed by atoms with van der Waals surface area (Å²) in [7, 11) is 0. The number of nitrogens with zero attached hydrogens (tertiary/aromatic N) is 2. The molecule has 27 heavy (non-hydrogen) atoms. The van der Waals surface area contributed by atoms with Crippen molar-refractivity contribution < 1.29 is 14.3 Å². The van der Waals surface area contributed by atoms with Gasteiger partial charge in [-0.15, -0.1) is 11.3 Å². The molecule has 0 radical (unpaired) electrons. The lowest BCUT2D eigenvalue weighted by Crippen LogP contribution is -2.14. The van der Waals surface area contributed by atoms with Gasteiger partial charge in [0.1, 0.15) is 5.69 Å². The molecule has 0 saturated carbocycles. The van der Waals surface area contributed by atoms with Gasteiger partial charge in [0.25, 0.3) is 0 Å². The third-order valence-electron chi connectivity index (χ3n) is 4.24. The smallest absolute Gasteiger partial charge is 0.231 e. The van der Waals surface area contributed by atoms with E-state index >= 15 is 0 Å². The quantitative estimate of drug-likeness (QED) is 0.566. The molecule has 3 heterocycles. The number of rotatable bonds is 4. The molecule has 2 aromatic carbocycles. The topological polar surface area (TPSA) is 89.1 Å². The Balaban J connectivity index is 1.32. The highest BCUT2D eigenvalue weighted by molar-refractivity contribution is 7.07. The molecule has 2 aromatic heterocycles. The molecule has 4 aromatic rings. The number of imidazole rings is 1. The van der Waals surface area contributed by atoms with Crippen molar-refractivity contribution in [2.45, 2.75) is 6.42 Å². The molecule has 0 atom stereocenters. The molecule has 8 heteroatoms. The first-order chi connectivity index (χ1) is 13.2. The highest BCUT2D eigenvalue weighted by Gasteiger charge is 2.15. The predicted octanol–water partition coefficient (Wildman–Crippen LogP) is 3.60. The van der Waals surface area contributed by atoms with E-state index in [0.717, 1.165) is 28.1 Å². The van der Waals surface area contributed by atoms with E-state index in [9.17, 15) is 4.79 Å². The summed E-state index contributed by atoms with van der Waals surface area (Å²) in [6, 6.07) is 11.1. The fraction of sp³-hybridized carbons (Fsp3) is 0.105. The van der Waals surface area contributed by atoms with Gasteiger partial charge in [-0.25, -0.2) is 9.97 Å². The zero-order chi connectivity index (χ0) is 18.2. The number of ether oxygens (including phenoxy) is 2. The van der Waals surface area contributed by atoms with Crippen LogP contribution in [-0.2, 0) is 11.2 Å². The zero-order valence-electron chi connectivity index (χ0n) is 14.1. The lowest BCUT2D eigenvalue weighted by Gasteiger charge is -2.06. The number of carbonyl (C=O) groups is 1. The van der Waals surface area contributed by atoms with Crippen molar-refractivity contribution in [2.24, 2.45) is 0 Å². The summed E-state index contributed by atoms with van der Waals surface area (Å²) in [5.41, 5.74) is 5.83. The number of aromatic nitrogens is 3. The van der Waals surface area contributed by atoms with E-state index in [1.54, 1.807) is 5.51 Å². The number of hydrogen-bond acceptors (Lipinski definition) is 6. The van der Waals surface area contributed by atoms with Crippen LogP contribution in [0.3, 0.4) is 0 Å². The van der Waals surface area contributed by atoms with Crippen molar-refractivity contribution in [3.8, 4) is 23.0 Å². The van der Waals surface area contributed by atoms with Crippen molar-refractivity contribution in [2.75, 3.05) is 12.1 Å².